The van der Waals surface area contributed by atoms with Gasteiger partial charge in [0.15, 0.2) is 5.65 Å². The lowest BCUT2D eigenvalue weighted by atomic mass is 10.1. The largest absolute Gasteiger partial charge is 0.434 e. The predicted octanol–water partition coefficient (Wildman–Crippen LogP) is 3.10. The highest BCUT2D eigenvalue weighted by molar-refractivity contribution is 7.98. The second-order valence-corrected chi connectivity index (χ2v) is 11.0. The Morgan fingerprint density at radius 3 is 2.81 bits per heavy atom. The summed E-state index contributed by atoms with van der Waals surface area (Å²) >= 11 is 1.41. The van der Waals surface area contributed by atoms with Crippen molar-refractivity contribution in [1.29, 1.82) is 0 Å². The van der Waals surface area contributed by atoms with Crippen LogP contribution < -0.4 is 10.1 Å². The molecule has 0 radical (unpaired) electrons. The molecular weight excluding hydrogens is 582 g/mol. The molecule has 1 unspecified atom stereocenters. The highest BCUT2D eigenvalue weighted by atomic mass is 32.2. The molecule has 5 heterocycles. The molecule has 6 rings (SSSR count). The van der Waals surface area contributed by atoms with Crippen molar-refractivity contribution in [3.63, 3.8) is 0 Å². The van der Waals surface area contributed by atoms with Crippen LogP contribution in [0, 0.1) is 0 Å². The van der Waals surface area contributed by atoms with E-state index in [0.29, 0.717) is 24.8 Å². The van der Waals surface area contributed by atoms with E-state index >= 15 is 0 Å². The second-order valence-electron chi connectivity index (χ2n) is 10.2. The smallest absolute Gasteiger partial charge is 0.387 e. The standard InChI is InChI=1S/C28H30F2N8O4S/c1-43-19-3-4-23(42-28(29)30)20(13-19)25-22(33-27(40)21-14-32-38-7-2-6-31-26(21)38)15-37(34-25)16-24(39)36-10-8-35(9-11-36)18-5-12-41-17-18/h2-4,6-7,13-15,18,28H,5,8-12,16-17H2,1H3,(H,33,40). The van der Waals surface area contributed by atoms with Gasteiger partial charge in [-0.3, -0.25) is 19.2 Å². The van der Waals surface area contributed by atoms with Crippen molar-refractivity contribution in [2.24, 2.45) is 0 Å². The number of hydrogen-bond donors (Lipinski definition) is 1. The number of benzene rings is 1. The third kappa shape index (κ3) is 6.33. The van der Waals surface area contributed by atoms with Crippen LogP contribution in [0.4, 0.5) is 14.5 Å². The maximum Gasteiger partial charge on any atom is 0.387 e. The summed E-state index contributed by atoms with van der Waals surface area (Å²) < 4.78 is 39.9. The SMILES string of the molecule is CSc1ccc(OC(F)F)c(-c2nn(CC(=O)N3CCN(C4CCOC4)CC3)cc2NC(=O)c2cnn3cccnc23)c1. The minimum atomic E-state index is -3.07. The zero-order valence-corrected chi connectivity index (χ0v) is 24.2. The Morgan fingerprint density at radius 2 is 2.07 bits per heavy atom. The van der Waals surface area contributed by atoms with Crippen LogP contribution in [0.5, 0.6) is 5.75 Å². The van der Waals surface area contributed by atoms with Crippen molar-refractivity contribution in [1.82, 2.24) is 34.2 Å². The van der Waals surface area contributed by atoms with E-state index in [1.54, 1.807) is 35.5 Å². The molecule has 2 saturated heterocycles. The zero-order valence-electron chi connectivity index (χ0n) is 23.4. The fourth-order valence-corrected chi connectivity index (χ4v) is 5.81. The van der Waals surface area contributed by atoms with Gasteiger partial charge in [0.1, 0.15) is 23.6 Å². The van der Waals surface area contributed by atoms with Crippen LogP contribution in [0.2, 0.25) is 0 Å². The summed E-state index contributed by atoms with van der Waals surface area (Å²) in [6.45, 7) is 1.000. The Labute approximate surface area is 249 Å². The van der Waals surface area contributed by atoms with Gasteiger partial charge in [-0.15, -0.1) is 11.8 Å². The number of nitrogens with one attached hydrogen (secondary N) is 1. The van der Waals surface area contributed by atoms with Gasteiger partial charge in [0, 0.05) is 67.9 Å². The van der Waals surface area contributed by atoms with Crippen molar-refractivity contribution in [3.8, 4) is 17.0 Å². The minimum Gasteiger partial charge on any atom is -0.434 e. The lowest BCUT2D eigenvalue weighted by Gasteiger charge is -2.37. The van der Waals surface area contributed by atoms with Crippen LogP contribution >= 0.6 is 11.8 Å². The third-order valence-corrected chi connectivity index (χ3v) is 8.30. The summed E-state index contributed by atoms with van der Waals surface area (Å²) in [7, 11) is 0. The van der Waals surface area contributed by atoms with Crippen molar-refractivity contribution >= 4 is 34.9 Å². The van der Waals surface area contributed by atoms with Crippen LogP contribution in [0.25, 0.3) is 16.9 Å². The number of carbonyl (C=O) groups excluding carboxylic acids is 2. The van der Waals surface area contributed by atoms with Crippen LogP contribution in [-0.4, -0.2) is 104 Å². The molecule has 2 amide bonds. The first-order valence-electron chi connectivity index (χ1n) is 13.8. The summed E-state index contributed by atoms with van der Waals surface area (Å²) in [6, 6.07) is 6.84. The van der Waals surface area contributed by atoms with Crippen molar-refractivity contribution < 1.29 is 27.8 Å². The number of alkyl halides is 2. The molecule has 1 atom stereocenters. The number of ether oxygens (including phenoxy) is 2. The molecule has 12 nitrogen and oxygen atoms in total. The first kappa shape index (κ1) is 29.0. The van der Waals surface area contributed by atoms with Gasteiger partial charge in [-0.25, -0.2) is 9.50 Å². The van der Waals surface area contributed by atoms with Gasteiger partial charge in [0.25, 0.3) is 5.91 Å². The Kier molecular flexibility index (Phi) is 8.54. The van der Waals surface area contributed by atoms with E-state index in [2.05, 4.69) is 25.4 Å². The van der Waals surface area contributed by atoms with Crippen molar-refractivity contribution in [3.05, 3.63) is 54.6 Å². The third-order valence-electron chi connectivity index (χ3n) is 7.58. The minimum absolute atomic E-state index is 0.0963. The van der Waals surface area contributed by atoms with E-state index in [1.165, 1.54) is 39.4 Å². The van der Waals surface area contributed by atoms with E-state index in [1.807, 2.05) is 6.26 Å². The fraction of sp³-hybridized carbons (Fsp3) is 0.393. The summed E-state index contributed by atoms with van der Waals surface area (Å²) in [5, 5.41) is 11.6. The van der Waals surface area contributed by atoms with Crippen LogP contribution in [0.15, 0.2) is 53.9 Å². The number of fused-ring (bicyclic) bond motifs is 1. The van der Waals surface area contributed by atoms with Crippen LogP contribution in [0.1, 0.15) is 16.8 Å². The number of anilines is 1. The first-order chi connectivity index (χ1) is 20.9. The van der Waals surface area contributed by atoms with E-state index in [9.17, 15) is 18.4 Å². The van der Waals surface area contributed by atoms with E-state index in [0.717, 1.165) is 37.6 Å². The molecule has 3 aromatic heterocycles. The van der Waals surface area contributed by atoms with Gasteiger partial charge in [0.05, 0.1) is 18.5 Å². The lowest BCUT2D eigenvalue weighted by Crippen LogP contribution is -2.52. The Bertz CT molecular complexity index is 1620. The highest BCUT2D eigenvalue weighted by Gasteiger charge is 2.29. The number of carbonyl (C=O) groups is 2. The number of hydrogen-bond acceptors (Lipinski definition) is 9. The normalized spacial score (nSPS) is 17.6. The molecular formula is C28H30F2N8O4S. The average molecular weight is 613 g/mol. The molecule has 1 aromatic carbocycles. The molecule has 1 N–H and O–H groups in total. The average Bonchev–Trinajstić information content (AvgIpc) is 3.78. The van der Waals surface area contributed by atoms with Gasteiger partial charge >= 0.3 is 6.61 Å². The molecule has 15 heteroatoms. The second kappa shape index (κ2) is 12.7. The molecule has 43 heavy (non-hydrogen) atoms. The van der Waals surface area contributed by atoms with E-state index in [4.69, 9.17) is 9.47 Å². The van der Waals surface area contributed by atoms with E-state index in [-0.39, 0.29) is 40.7 Å². The number of piperazine rings is 1. The maximum atomic E-state index is 13.4. The maximum absolute atomic E-state index is 13.4. The van der Waals surface area contributed by atoms with Gasteiger partial charge in [0.2, 0.25) is 5.91 Å². The summed E-state index contributed by atoms with van der Waals surface area (Å²) in [6.07, 6.45) is 8.98. The van der Waals surface area contributed by atoms with Gasteiger partial charge < -0.3 is 19.7 Å². The molecule has 0 aliphatic carbocycles. The number of amides is 2. The van der Waals surface area contributed by atoms with E-state index < -0.39 is 12.5 Å². The van der Waals surface area contributed by atoms with Gasteiger partial charge in [-0.1, -0.05) is 0 Å². The predicted molar refractivity (Wildman–Crippen MR) is 154 cm³/mol. The monoisotopic (exact) mass is 612 g/mol. The lowest BCUT2D eigenvalue weighted by molar-refractivity contribution is -0.134. The Morgan fingerprint density at radius 1 is 1.23 bits per heavy atom. The number of aromatic nitrogens is 5. The molecule has 0 bridgehead atoms. The number of rotatable bonds is 9. The zero-order chi connectivity index (χ0) is 29.9. The molecule has 2 fully saturated rings. The first-order valence-corrected chi connectivity index (χ1v) is 15.0. The molecule has 0 spiro atoms. The summed E-state index contributed by atoms with van der Waals surface area (Å²) in [5.41, 5.74) is 1.21. The molecule has 4 aromatic rings. The summed E-state index contributed by atoms with van der Waals surface area (Å²) in [5.74, 6) is -0.766. The van der Waals surface area contributed by atoms with Gasteiger partial charge in [-0.2, -0.15) is 19.0 Å². The molecule has 226 valence electrons. The fourth-order valence-electron chi connectivity index (χ4n) is 5.37. The Balaban J connectivity index is 1.28. The molecule has 2 aliphatic heterocycles. The van der Waals surface area contributed by atoms with Crippen LogP contribution in [0.3, 0.4) is 0 Å². The van der Waals surface area contributed by atoms with Crippen molar-refractivity contribution in [2.45, 2.75) is 30.5 Å². The number of thioether (sulfide) groups is 1. The van der Waals surface area contributed by atoms with Crippen molar-refractivity contribution in [2.75, 3.05) is 51.0 Å². The van der Waals surface area contributed by atoms with Crippen LogP contribution in [-0.2, 0) is 16.1 Å². The highest BCUT2D eigenvalue weighted by Crippen LogP contribution is 2.38. The quantitative estimate of drug-likeness (QED) is 0.285. The molecule has 0 saturated carbocycles. The Hall–Kier alpha value is -4.08. The molecule has 2 aliphatic rings. The number of halogens is 2. The summed E-state index contributed by atoms with van der Waals surface area (Å²) in [4.78, 5) is 35.9. The van der Waals surface area contributed by atoms with Gasteiger partial charge in [-0.05, 0) is 36.9 Å². The number of nitrogens with zero attached hydrogens (tertiary/aromatic N) is 7. The topological polar surface area (TPSA) is 119 Å².